The van der Waals surface area contributed by atoms with Gasteiger partial charge in [-0.1, -0.05) is 72.8 Å². The summed E-state index contributed by atoms with van der Waals surface area (Å²) in [6, 6.07) is 29.1. The Morgan fingerprint density at radius 1 is 0.545 bits per heavy atom. The van der Waals surface area contributed by atoms with Crippen LogP contribution in [-0.4, -0.2) is 0 Å². The van der Waals surface area contributed by atoms with E-state index in [1.165, 1.54) is 21.9 Å². The lowest BCUT2D eigenvalue weighted by molar-refractivity contribution is 1.50. The zero-order chi connectivity index (χ0) is 14.9. The predicted molar refractivity (Wildman–Crippen MR) is 91.6 cm³/mol. The molecule has 0 fully saturated rings. The molecule has 0 atom stereocenters. The second kappa shape index (κ2) is 5.02. The number of nitriles is 1. The summed E-state index contributed by atoms with van der Waals surface area (Å²) < 4.78 is 0. The quantitative estimate of drug-likeness (QED) is 0.449. The van der Waals surface area contributed by atoms with Crippen LogP contribution in [0, 0.1) is 11.3 Å². The third kappa shape index (κ3) is 1.86. The van der Waals surface area contributed by atoms with Gasteiger partial charge in [0.1, 0.15) is 0 Å². The maximum absolute atomic E-state index is 9.32. The minimum Gasteiger partial charge on any atom is -0.192 e. The SMILES string of the molecule is N#Cc1ccc(-c2cccc3ccccc23)c2ccccc12. The van der Waals surface area contributed by atoms with E-state index in [9.17, 15) is 5.26 Å². The van der Waals surface area contributed by atoms with Crippen molar-refractivity contribution in [2.75, 3.05) is 0 Å². The van der Waals surface area contributed by atoms with Gasteiger partial charge in [-0.05, 0) is 33.4 Å². The standard InChI is InChI=1S/C21H13N/c22-14-16-12-13-21(19-10-4-3-9-18(16)19)20-11-5-7-15-6-1-2-8-17(15)20/h1-13H. The molecule has 0 radical (unpaired) electrons. The number of hydrogen-bond acceptors (Lipinski definition) is 1. The van der Waals surface area contributed by atoms with Gasteiger partial charge in [-0.3, -0.25) is 0 Å². The van der Waals surface area contributed by atoms with Crippen molar-refractivity contribution in [1.82, 2.24) is 0 Å². The highest BCUT2D eigenvalue weighted by molar-refractivity contribution is 6.06. The summed E-state index contributed by atoms with van der Waals surface area (Å²) in [7, 11) is 0. The highest BCUT2D eigenvalue weighted by Crippen LogP contribution is 2.34. The van der Waals surface area contributed by atoms with Crippen LogP contribution < -0.4 is 0 Å². The highest BCUT2D eigenvalue weighted by Gasteiger charge is 2.09. The number of fused-ring (bicyclic) bond motifs is 2. The molecule has 102 valence electrons. The molecule has 4 aromatic carbocycles. The van der Waals surface area contributed by atoms with Crippen LogP contribution >= 0.6 is 0 Å². The molecule has 0 N–H and O–H groups in total. The van der Waals surface area contributed by atoms with E-state index in [1.54, 1.807) is 0 Å². The topological polar surface area (TPSA) is 23.8 Å². The van der Waals surface area contributed by atoms with Crippen LogP contribution in [0.5, 0.6) is 0 Å². The zero-order valence-electron chi connectivity index (χ0n) is 12.0. The fourth-order valence-corrected chi connectivity index (χ4v) is 3.09. The summed E-state index contributed by atoms with van der Waals surface area (Å²) in [4.78, 5) is 0. The highest BCUT2D eigenvalue weighted by atomic mass is 14.2. The van der Waals surface area contributed by atoms with Crippen LogP contribution in [0.3, 0.4) is 0 Å². The second-order valence-corrected chi connectivity index (χ2v) is 5.34. The summed E-state index contributed by atoms with van der Waals surface area (Å²) >= 11 is 0. The second-order valence-electron chi connectivity index (χ2n) is 5.34. The van der Waals surface area contributed by atoms with Crippen LogP contribution in [0.15, 0.2) is 78.9 Å². The smallest absolute Gasteiger partial charge is 0.0998 e. The van der Waals surface area contributed by atoms with Gasteiger partial charge < -0.3 is 0 Å². The molecule has 22 heavy (non-hydrogen) atoms. The molecule has 4 rings (SSSR count). The molecule has 0 aliphatic carbocycles. The molecule has 1 heteroatoms. The molecule has 0 aliphatic heterocycles. The maximum Gasteiger partial charge on any atom is 0.0998 e. The first kappa shape index (κ1) is 12.6. The average molecular weight is 279 g/mol. The van der Waals surface area contributed by atoms with Crippen LogP contribution in [-0.2, 0) is 0 Å². The summed E-state index contributed by atoms with van der Waals surface area (Å²) in [5.74, 6) is 0. The molecule has 0 unspecified atom stereocenters. The molecule has 4 aromatic rings. The van der Waals surface area contributed by atoms with Crippen molar-refractivity contribution in [3.05, 3.63) is 84.4 Å². The van der Waals surface area contributed by atoms with Gasteiger partial charge in [0.2, 0.25) is 0 Å². The number of hydrogen-bond donors (Lipinski definition) is 0. The lowest BCUT2D eigenvalue weighted by Crippen LogP contribution is -1.86. The Balaban J connectivity index is 2.12. The monoisotopic (exact) mass is 279 g/mol. The third-order valence-corrected chi connectivity index (χ3v) is 4.12. The molecule has 1 nitrogen and oxygen atoms in total. The first-order chi connectivity index (χ1) is 10.9. The van der Waals surface area contributed by atoms with Crippen molar-refractivity contribution in [3.8, 4) is 17.2 Å². The van der Waals surface area contributed by atoms with Crippen molar-refractivity contribution in [3.63, 3.8) is 0 Å². The van der Waals surface area contributed by atoms with Crippen LogP contribution in [0.1, 0.15) is 5.56 Å². The van der Waals surface area contributed by atoms with E-state index in [1.807, 2.05) is 24.3 Å². The molecule has 0 heterocycles. The molecule has 0 saturated carbocycles. The van der Waals surface area contributed by atoms with Gasteiger partial charge in [0.05, 0.1) is 11.6 Å². The van der Waals surface area contributed by atoms with Gasteiger partial charge in [0.25, 0.3) is 0 Å². The van der Waals surface area contributed by atoms with E-state index in [0.29, 0.717) is 0 Å². The van der Waals surface area contributed by atoms with Crippen molar-refractivity contribution in [2.45, 2.75) is 0 Å². The average Bonchev–Trinajstić information content (AvgIpc) is 2.60. The van der Waals surface area contributed by atoms with Crippen molar-refractivity contribution >= 4 is 21.5 Å². The lowest BCUT2D eigenvalue weighted by Gasteiger charge is -2.11. The molecule has 0 bridgehead atoms. The molecule has 0 aromatic heterocycles. The number of rotatable bonds is 1. The number of nitrogens with zero attached hydrogens (tertiary/aromatic N) is 1. The van der Waals surface area contributed by atoms with Crippen LogP contribution in [0.2, 0.25) is 0 Å². The van der Waals surface area contributed by atoms with E-state index in [2.05, 4.69) is 60.7 Å². The van der Waals surface area contributed by atoms with E-state index >= 15 is 0 Å². The van der Waals surface area contributed by atoms with Crippen LogP contribution in [0.4, 0.5) is 0 Å². The van der Waals surface area contributed by atoms with E-state index in [-0.39, 0.29) is 0 Å². The Hall–Kier alpha value is -3.11. The molecule has 0 saturated heterocycles. The molecule has 0 spiro atoms. The molecular weight excluding hydrogens is 266 g/mol. The van der Waals surface area contributed by atoms with Crippen molar-refractivity contribution < 1.29 is 0 Å². The van der Waals surface area contributed by atoms with E-state index in [0.717, 1.165) is 16.3 Å². The predicted octanol–water partition coefficient (Wildman–Crippen LogP) is 5.53. The lowest BCUT2D eigenvalue weighted by atomic mass is 9.92. The fourth-order valence-electron chi connectivity index (χ4n) is 3.09. The molecule has 0 aliphatic rings. The van der Waals surface area contributed by atoms with Gasteiger partial charge in [-0.2, -0.15) is 5.26 Å². The molecule has 0 amide bonds. The third-order valence-electron chi connectivity index (χ3n) is 4.12. The largest absolute Gasteiger partial charge is 0.192 e. The summed E-state index contributed by atoms with van der Waals surface area (Å²) in [5.41, 5.74) is 3.10. The Morgan fingerprint density at radius 2 is 1.18 bits per heavy atom. The maximum atomic E-state index is 9.32. The Bertz CT molecular complexity index is 1030. The van der Waals surface area contributed by atoms with E-state index in [4.69, 9.17) is 0 Å². The first-order valence-electron chi connectivity index (χ1n) is 7.28. The number of benzene rings is 4. The fraction of sp³-hybridized carbons (Fsp3) is 0. The van der Waals surface area contributed by atoms with Gasteiger partial charge in [-0.15, -0.1) is 0 Å². The van der Waals surface area contributed by atoms with Crippen molar-refractivity contribution in [1.29, 1.82) is 5.26 Å². The normalized spacial score (nSPS) is 10.7. The van der Waals surface area contributed by atoms with Gasteiger partial charge in [0, 0.05) is 5.39 Å². The zero-order valence-corrected chi connectivity index (χ0v) is 12.0. The van der Waals surface area contributed by atoms with Crippen LogP contribution in [0.25, 0.3) is 32.7 Å². The summed E-state index contributed by atoms with van der Waals surface area (Å²) in [6.07, 6.45) is 0. The summed E-state index contributed by atoms with van der Waals surface area (Å²) in [6.45, 7) is 0. The first-order valence-corrected chi connectivity index (χ1v) is 7.28. The van der Waals surface area contributed by atoms with Gasteiger partial charge >= 0.3 is 0 Å². The van der Waals surface area contributed by atoms with Gasteiger partial charge in [0.15, 0.2) is 0 Å². The Kier molecular flexibility index (Phi) is 2.88. The minimum absolute atomic E-state index is 0.722. The Morgan fingerprint density at radius 3 is 2.00 bits per heavy atom. The van der Waals surface area contributed by atoms with Gasteiger partial charge in [-0.25, -0.2) is 0 Å². The molecular formula is C21H13N. The van der Waals surface area contributed by atoms with Crippen molar-refractivity contribution in [2.24, 2.45) is 0 Å². The Labute approximate surface area is 129 Å². The summed E-state index contributed by atoms with van der Waals surface area (Å²) in [5, 5.41) is 13.9. The van der Waals surface area contributed by atoms with E-state index < -0.39 is 0 Å². The minimum atomic E-state index is 0.722.